The van der Waals surface area contributed by atoms with Gasteiger partial charge in [-0.3, -0.25) is 0 Å². The van der Waals surface area contributed by atoms with Crippen LogP contribution in [0, 0.1) is 0 Å². The largest absolute Gasteiger partial charge is 0.167 e. The van der Waals surface area contributed by atoms with Gasteiger partial charge < -0.3 is 0 Å². The molecule has 0 aromatic rings. The monoisotopic (exact) mass is 212 g/mol. The lowest BCUT2D eigenvalue weighted by Crippen LogP contribution is -1.96. The minimum atomic E-state index is 0.983. The summed E-state index contributed by atoms with van der Waals surface area (Å²) in [7, 11) is 0. The summed E-state index contributed by atoms with van der Waals surface area (Å²) in [5, 5.41) is 7.62. The van der Waals surface area contributed by atoms with Gasteiger partial charge in [0.05, 0.1) is 5.71 Å². The normalized spacial score (nSPS) is 13.1. The maximum atomic E-state index is 4.03. The maximum Gasteiger partial charge on any atom is 0.0630 e. The quantitative estimate of drug-likeness (QED) is 0.468. The van der Waals surface area contributed by atoms with Crippen LogP contribution in [-0.2, 0) is 0 Å². The molecule has 0 heterocycles. The second-order valence-corrected chi connectivity index (χ2v) is 3.94. The van der Waals surface area contributed by atoms with E-state index in [1.165, 1.54) is 5.57 Å². The number of allylic oxidation sites excluding steroid dienone is 1. The van der Waals surface area contributed by atoms with Crippen LogP contribution in [0.5, 0.6) is 0 Å². The van der Waals surface area contributed by atoms with E-state index >= 15 is 0 Å². The molecular formula is C11H20N2S. The molecule has 2 nitrogen and oxygen atoms in total. The first-order valence-electron chi connectivity index (χ1n) is 4.99. The summed E-state index contributed by atoms with van der Waals surface area (Å²) in [4.78, 5) is 0. The number of rotatable bonds is 7. The van der Waals surface area contributed by atoms with E-state index in [0.29, 0.717) is 0 Å². The van der Waals surface area contributed by atoms with Crippen LogP contribution in [0.1, 0.15) is 33.1 Å². The van der Waals surface area contributed by atoms with Gasteiger partial charge in [0, 0.05) is 12.5 Å². The molecule has 0 bridgehead atoms. The van der Waals surface area contributed by atoms with E-state index in [1.54, 1.807) is 0 Å². The Morgan fingerprint density at radius 1 is 1.43 bits per heavy atom. The molecule has 0 spiro atoms. The molecule has 14 heavy (non-hydrogen) atoms. The Morgan fingerprint density at radius 2 is 2.14 bits per heavy atom. The highest BCUT2D eigenvalue weighted by Crippen LogP contribution is 2.10. The highest BCUT2D eigenvalue weighted by Gasteiger charge is 1.98. The number of thioether (sulfide) groups is 1. The SMILES string of the molecule is C=N/N=C(/C=C(\CC)CSC)CCC. The molecule has 0 saturated heterocycles. The van der Waals surface area contributed by atoms with E-state index in [0.717, 1.165) is 30.7 Å². The lowest BCUT2D eigenvalue weighted by atomic mass is 10.1. The Morgan fingerprint density at radius 3 is 2.57 bits per heavy atom. The summed E-state index contributed by atoms with van der Waals surface area (Å²) in [5.41, 5.74) is 2.47. The predicted molar refractivity (Wildman–Crippen MR) is 68.6 cm³/mol. The van der Waals surface area contributed by atoms with Crippen LogP contribution in [-0.4, -0.2) is 24.4 Å². The molecule has 0 aliphatic rings. The molecule has 0 saturated carbocycles. The van der Waals surface area contributed by atoms with Gasteiger partial charge in [0.1, 0.15) is 0 Å². The van der Waals surface area contributed by atoms with E-state index in [2.05, 4.69) is 43.1 Å². The van der Waals surface area contributed by atoms with Gasteiger partial charge in [-0.2, -0.15) is 22.0 Å². The molecular weight excluding hydrogens is 192 g/mol. The molecule has 0 aliphatic carbocycles. The standard InChI is InChI=1S/C11H20N2S/c1-5-7-11(13-12-3)8-10(6-2)9-14-4/h8H,3,5-7,9H2,1-2,4H3/b10-8+,13-11+. The minimum Gasteiger partial charge on any atom is -0.167 e. The number of hydrogen-bond acceptors (Lipinski definition) is 3. The maximum absolute atomic E-state index is 4.03. The predicted octanol–water partition coefficient (Wildman–Crippen LogP) is 3.54. The van der Waals surface area contributed by atoms with Crippen molar-refractivity contribution in [2.75, 3.05) is 12.0 Å². The third-order valence-corrected chi connectivity index (χ3v) is 2.52. The number of hydrogen-bond donors (Lipinski definition) is 0. The van der Waals surface area contributed by atoms with Crippen LogP contribution in [0.25, 0.3) is 0 Å². The molecule has 3 heteroatoms. The molecule has 0 fully saturated rings. The summed E-state index contributed by atoms with van der Waals surface area (Å²) < 4.78 is 0. The van der Waals surface area contributed by atoms with Crippen LogP contribution in [0.15, 0.2) is 21.9 Å². The van der Waals surface area contributed by atoms with Gasteiger partial charge in [0.2, 0.25) is 0 Å². The van der Waals surface area contributed by atoms with E-state index in [9.17, 15) is 0 Å². The zero-order valence-electron chi connectivity index (χ0n) is 9.42. The van der Waals surface area contributed by atoms with Crippen molar-refractivity contribution in [1.82, 2.24) is 0 Å². The second kappa shape index (κ2) is 9.00. The van der Waals surface area contributed by atoms with Crippen LogP contribution in [0.3, 0.4) is 0 Å². The molecule has 0 rings (SSSR count). The second-order valence-electron chi connectivity index (χ2n) is 3.07. The van der Waals surface area contributed by atoms with Gasteiger partial charge in [-0.25, -0.2) is 0 Å². The highest BCUT2D eigenvalue weighted by atomic mass is 32.2. The fourth-order valence-corrected chi connectivity index (χ4v) is 1.82. The van der Waals surface area contributed by atoms with Gasteiger partial charge >= 0.3 is 0 Å². The summed E-state index contributed by atoms with van der Waals surface area (Å²) in [6.07, 6.45) is 7.44. The Kier molecular flexibility index (Phi) is 8.64. The molecule has 0 unspecified atom stereocenters. The van der Waals surface area contributed by atoms with E-state index in [1.807, 2.05) is 11.8 Å². The van der Waals surface area contributed by atoms with Crippen molar-refractivity contribution in [2.24, 2.45) is 10.2 Å². The van der Waals surface area contributed by atoms with Crippen molar-refractivity contribution in [3.63, 3.8) is 0 Å². The Bertz CT molecular complexity index is 219. The Hall–Kier alpha value is -0.570. The van der Waals surface area contributed by atoms with Gasteiger partial charge in [0.25, 0.3) is 0 Å². The zero-order chi connectivity index (χ0) is 10.8. The lowest BCUT2D eigenvalue weighted by molar-refractivity contribution is 0.983. The smallest absolute Gasteiger partial charge is 0.0630 e. The molecule has 0 radical (unpaired) electrons. The van der Waals surface area contributed by atoms with Crippen molar-refractivity contribution in [3.8, 4) is 0 Å². The fourth-order valence-electron chi connectivity index (χ4n) is 1.16. The average molecular weight is 212 g/mol. The molecule has 0 aromatic heterocycles. The van der Waals surface area contributed by atoms with Crippen molar-refractivity contribution in [2.45, 2.75) is 33.1 Å². The van der Waals surface area contributed by atoms with E-state index < -0.39 is 0 Å². The Balaban J connectivity index is 4.49. The first-order valence-corrected chi connectivity index (χ1v) is 6.38. The summed E-state index contributed by atoms with van der Waals surface area (Å²) in [6.45, 7) is 7.71. The van der Waals surface area contributed by atoms with Gasteiger partial charge in [-0.15, -0.1) is 0 Å². The highest BCUT2D eigenvalue weighted by molar-refractivity contribution is 7.98. The van der Waals surface area contributed by atoms with Gasteiger partial charge in [0.15, 0.2) is 0 Å². The van der Waals surface area contributed by atoms with Crippen LogP contribution in [0.2, 0.25) is 0 Å². The molecule has 0 aromatic carbocycles. The lowest BCUT2D eigenvalue weighted by Gasteiger charge is -2.03. The minimum absolute atomic E-state index is 0.983. The molecule has 80 valence electrons. The first kappa shape index (κ1) is 13.4. The van der Waals surface area contributed by atoms with E-state index in [-0.39, 0.29) is 0 Å². The van der Waals surface area contributed by atoms with Gasteiger partial charge in [-0.1, -0.05) is 25.8 Å². The topological polar surface area (TPSA) is 24.7 Å². The van der Waals surface area contributed by atoms with Crippen LogP contribution >= 0.6 is 11.8 Å². The van der Waals surface area contributed by atoms with E-state index in [4.69, 9.17) is 0 Å². The van der Waals surface area contributed by atoms with Crippen molar-refractivity contribution in [3.05, 3.63) is 11.6 Å². The van der Waals surface area contributed by atoms with Crippen molar-refractivity contribution in [1.29, 1.82) is 0 Å². The first-order chi connectivity index (χ1) is 6.78. The summed E-state index contributed by atoms with van der Waals surface area (Å²) in [6, 6.07) is 0. The van der Waals surface area contributed by atoms with Gasteiger partial charge in [-0.05, 0) is 25.2 Å². The van der Waals surface area contributed by atoms with Crippen LogP contribution < -0.4 is 0 Å². The third kappa shape index (κ3) is 5.97. The van der Waals surface area contributed by atoms with Crippen molar-refractivity contribution < 1.29 is 0 Å². The molecule has 0 aliphatic heterocycles. The average Bonchev–Trinajstić information content (AvgIpc) is 2.18. The van der Waals surface area contributed by atoms with Crippen molar-refractivity contribution >= 4 is 24.2 Å². The molecule has 0 amide bonds. The molecule has 0 atom stereocenters. The summed E-state index contributed by atoms with van der Waals surface area (Å²) >= 11 is 1.84. The molecule has 0 N–H and O–H groups in total. The zero-order valence-corrected chi connectivity index (χ0v) is 10.2. The summed E-state index contributed by atoms with van der Waals surface area (Å²) in [5.74, 6) is 1.08. The van der Waals surface area contributed by atoms with Crippen LogP contribution in [0.4, 0.5) is 0 Å². The third-order valence-electron chi connectivity index (χ3n) is 1.86. The number of nitrogens with zero attached hydrogens (tertiary/aromatic N) is 2. The fraction of sp³-hybridized carbons (Fsp3) is 0.636. The Labute approximate surface area is 91.6 Å².